The van der Waals surface area contributed by atoms with Crippen LogP contribution >= 0.6 is 0 Å². The Bertz CT molecular complexity index is 384. The highest BCUT2D eigenvalue weighted by Gasteiger charge is 2.08. The fourth-order valence-electron chi connectivity index (χ4n) is 1.17. The van der Waals surface area contributed by atoms with Crippen LogP contribution in [0.15, 0.2) is 24.3 Å². The minimum atomic E-state index is -0.434. The first kappa shape index (κ1) is 12.2. The van der Waals surface area contributed by atoms with Gasteiger partial charge < -0.3 is 9.47 Å². The Morgan fingerprint density at radius 2 is 1.88 bits per heavy atom. The molecular weight excluding hydrogens is 208 g/mol. The van der Waals surface area contributed by atoms with Gasteiger partial charge in [0.05, 0.1) is 20.0 Å². The molecule has 4 heteroatoms. The molecular formula is C12H14O4. The third kappa shape index (κ3) is 4.13. The second-order valence-corrected chi connectivity index (χ2v) is 3.37. The van der Waals surface area contributed by atoms with Crippen LogP contribution in [-0.2, 0) is 14.3 Å². The van der Waals surface area contributed by atoms with Crippen LogP contribution in [0.25, 0.3) is 0 Å². The van der Waals surface area contributed by atoms with Gasteiger partial charge in [0.2, 0.25) is 0 Å². The molecule has 0 aromatic heterocycles. The number of aryl methyl sites for hydroxylation is 1. The van der Waals surface area contributed by atoms with Gasteiger partial charge in [-0.15, -0.1) is 0 Å². The van der Waals surface area contributed by atoms with Gasteiger partial charge in [0.1, 0.15) is 5.75 Å². The lowest BCUT2D eigenvalue weighted by molar-refractivity contribution is -0.144. The molecule has 1 rings (SSSR count). The van der Waals surface area contributed by atoms with Crippen LogP contribution in [0.1, 0.15) is 18.4 Å². The molecule has 86 valence electrons. The Kier molecular flexibility index (Phi) is 4.51. The third-order valence-electron chi connectivity index (χ3n) is 1.98. The molecule has 0 saturated heterocycles. The smallest absolute Gasteiger partial charge is 0.311 e. The Balaban J connectivity index is 2.43. The highest BCUT2D eigenvalue weighted by Crippen LogP contribution is 2.13. The summed E-state index contributed by atoms with van der Waals surface area (Å²) in [5.74, 6) is -0.355. The van der Waals surface area contributed by atoms with Crippen LogP contribution in [-0.4, -0.2) is 19.0 Å². The molecule has 0 radical (unpaired) electrons. The topological polar surface area (TPSA) is 52.6 Å². The predicted octanol–water partition coefficient (Wildman–Crippen LogP) is 1.85. The second kappa shape index (κ2) is 5.90. The lowest BCUT2D eigenvalue weighted by Gasteiger charge is -2.04. The van der Waals surface area contributed by atoms with E-state index in [1.165, 1.54) is 7.11 Å². The first-order chi connectivity index (χ1) is 7.61. The van der Waals surface area contributed by atoms with Crippen LogP contribution in [0.4, 0.5) is 0 Å². The van der Waals surface area contributed by atoms with Gasteiger partial charge in [-0.2, -0.15) is 0 Å². The average molecular weight is 222 g/mol. The van der Waals surface area contributed by atoms with Crippen molar-refractivity contribution in [1.82, 2.24) is 0 Å². The Labute approximate surface area is 94.2 Å². The SMILES string of the molecule is COC(=O)CCC(=O)Oc1cccc(C)c1. The molecule has 0 aliphatic heterocycles. The summed E-state index contributed by atoms with van der Waals surface area (Å²) in [5.41, 5.74) is 1.01. The van der Waals surface area contributed by atoms with Crippen molar-refractivity contribution in [1.29, 1.82) is 0 Å². The second-order valence-electron chi connectivity index (χ2n) is 3.37. The molecule has 0 N–H and O–H groups in total. The number of rotatable bonds is 4. The third-order valence-corrected chi connectivity index (χ3v) is 1.98. The maximum Gasteiger partial charge on any atom is 0.311 e. The van der Waals surface area contributed by atoms with Gasteiger partial charge in [0.25, 0.3) is 0 Å². The number of carbonyl (C=O) groups excluding carboxylic acids is 2. The van der Waals surface area contributed by atoms with Crippen molar-refractivity contribution in [2.24, 2.45) is 0 Å². The van der Waals surface area contributed by atoms with Crippen molar-refractivity contribution in [3.63, 3.8) is 0 Å². The van der Waals surface area contributed by atoms with Gasteiger partial charge in [0, 0.05) is 0 Å². The lowest BCUT2D eigenvalue weighted by atomic mass is 10.2. The quantitative estimate of drug-likeness (QED) is 0.576. The number of hydrogen-bond acceptors (Lipinski definition) is 4. The van der Waals surface area contributed by atoms with E-state index in [1.807, 2.05) is 13.0 Å². The zero-order valence-corrected chi connectivity index (χ0v) is 9.36. The van der Waals surface area contributed by atoms with E-state index in [-0.39, 0.29) is 12.8 Å². The molecule has 0 atom stereocenters. The standard InChI is InChI=1S/C12H14O4/c1-9-4-3-5-10(8-9)16-12(14)7-6-11(13)15-2/h3-5,8H,6-7H2,1-2H3. The molecule has 0 fully saturated rings. The largest absolute Gasteiger partial charge is 0.469 e. The van der Waals surface area contributed by atoms with E-state index in [9.17, 15) is 9.59 Å². The van der Waals surface area contributed by atoms with E-state index in [4.69, 9.17) is 4.74 Å². The number of carbonyl (C=O) groups is 2. The summed E-state index contributed by atoms with van der Waals surface area (Å²) in [6.07, 6.45) is 0.0712. The van der Waals surface area contributed by atoms with E-state index in [2.05, 4.69) is 4.74 Å². The Morgan fingerprint density at radius 3 is 2.50 bits per heavy atom. The molecule has 0 aliphatic rings. The van der Waals surface area contributed by atoms with Gasteiger partial charge in [-0.05, 0) is 24.6 Å². The summed E-state index contributed by atoms with van der Waals surface area (Å²) in [7, 11) is 1.29. The number of hydrogen-bond donors (Lipinski definition) is 0. The molecule has 0 aliphatic carbocycles. The van der Waals surface area contributed by atoms with E-state index in [0.717, 1.165) is 5.56 Å². The van der Waals surface area contributed by atoms with Crippen molar-refractivity contribution in [3.8, 4) is 5.75 Å². The van der Waals surface area contributed by atoms with Crippen LogP contribution in [0, 0.1) is 6.92 Å². The summed E-state index contributed by atoms with van der Waals surface area (Å²) in [6, 6.07) is 7.17. The molecule has 16 heavy (non-hydrogen) atoms. The molecule has 0 heterocycles. The summed E-state index contributed by atoms with van der Waals surface area (Å²) in [4.78, 5) is 22.1. The molecule has 1 aromatic rings. The predicted molar refractivity (Wildman–Crippen MR) is 58.1 cm³/mol. The van der Waals surface area contributed by atoms with Crippen molar-refractivity contribution in [2.75, 3.05) is 7.11 Å². The molecule has 0 unspecified atom stereocenters. The number of ether oxygens (including phenoxy) is 2. The van der Waals surface area contributed by atoms with E-state index in [0.29, 0.717) is 5.75 Å². The Morgan fingerprint density at radius 1 is 1.19 bits per heavy atom. The van der Waals surface area contributed by atoms with E-state index in [1.54, 1.807) is 18.2 Å². The van der Waals surface area contributed by atoms with Crippen LogP contribution in [0.3, 0.4) is 0 Å². The molecule has 4 nitrogen and oxygen atoms in total. The minimum Gasteiger partial charge on any atom is -0.469 e. The Hall–Kier alpha value is -1.84. The van der Waals surface area contributed by atoms with Crippen molar-refractivity contribution >= 4 is 11.9 Å². The fraction of sp³-hybridized carbons (Fsp3) is 0.333. The van der Waals surface area contributed by atoms with E-state index < -0.39 is 11.9 Å². The van der Waals surface area contributed by atoms with Crippen LogP contribution in [0.2, 0.25) is 0 Å². The maximum atomic E-state index is 11.3. The first-order valence-corrected chi connectivity index (χ1v) is 4.96. The number of methoxy groups -OCH3 is 1. The fourth-order valence-corrected chi connectivity index (χ4v) is 1.17. The molecule has 0 bridgehead atoms. The summed E-state index contributed by atoms with van der Waals surface area (Å²) in [5, 5.41) is 0. The van der Waals surface area contributed by atoms with Crippen molar-refractivity contribution < 1.29 is 19.1 Å². The number of esters is 2. The summed E-state index contributed by atoms with van der Waals surface area (Å²) in [6.45, 7) is 1.91. The van der Waals surface area contributed by atoms with Crippen molar-refractivity contribution in [2.45, 2.75) is 19.8 Å². The summed E-state index contributed by atoms with van der Waals surface area (Å²) < 4.78 is 9.47. The van der Waals surface area contributed by atoms with Gasteiger partial charge >= 0.3 is 11.9 Å². The molecule has 0 spiro atoms. The lowest BCUT2D eigenvalue weighted by Crippen LogP contribution is -2.11. The molecule has 0 saturated carbocycles. The highest BCUT2D eigenvalue weighted by molar-refractivity contribution is 5.78. The van der Waals surface area contributed by atoms with Crippen LogP contribution in [0.5, 0.6) is 5.75 Å². The van der Waals surface area contributed by atoms with E-state index >= 15 is 0 Å². The highest BCUT2D eigenvalue weighted by atomic mass is 16.5. The average Bonchev–Trinajstić information content (AvgIpc) is 2.26. The van der Waals surface area contributed by atoms with Gasteiger partial charge in [-0.25, -0.2) is 0 Å². The number of benzene rings is 1. The zero-order valence-electron chi connectivity index (χ0n) is 9.36. The van der Waals surface area contributed by atoms with Gasteiger partial charge in [-0.3, -0.25) is 9.59 Å². The van der Waals surface area contributed by atoms with Crippen LogP contribution < -0.4 is 4.74 Å². The zero-order chi connectivity index (χ0) is 12.0. The summed E-state index contributed by atoms with van der Waals surface area (Å²) >= 11 is 0. The van der Waals surface area contributed by atoms with Crippen molar-refractivity contribution in [3.05, 3.63) is 29.8 Å². The maximum absolute atomic E-state index is 11.3. The monoisotopic (exact) mass is 222 g/mol. The molecule has 0 amide bonds. The van der Waals surface area contributed by atoms with Gasteiger partial charge in [-0.1, -0.05) is 12.1 Å². The normalized spacial score (nSPS) is 9.62. The molecule has 1 aromatic carbocycles. The van der Waals surface area contributed by atoms with Gasteiger partial charge in [0.15, 0.2) is 0 Å². The first-order valence-electron chi connectivity index (χ1n) is 4.96. The minimum absolute atomic E-state index is 0.0284.